The van der Waals surface area contributed by atoms with Crippen LogP contribution in [0.25, 0.3) is 10.2 Å². The molecule has 0 N–H and O–H groups in total. The Labute approximate surface area is 193 Å². The molecule has 168 valence electrons. The Balaban J connectivity index is 1.61. The largest absolute Gasteiger partial charge is 0.312 e. The van der Waals surface area contributed by atoms with Gasteiger partial charge in [-0.1, -0.05) is 35.6 Å². The molecule has 1 atom stereocenters. The minimum absolute atomic E-state index is 0.00133. The molecule has 1 aliphatic rings. The van der Waals surface area contributed by atoms with E-state index in [0.717, 1.165) is 39.6 Å². The number of amides is 2. The fourth-order valence-electron chi connectivity index (χ4n) is 4.28. The van der Waals surface area contributed by atoms with Crippen LogP contribution in [0.4, 0.5) is 10.8 Å². The first-order chi connectivity index (χ1) is 15.3. The molecule has 3 aromatic rings. The summed E-state index contributed by atoms with van der Waals surface area (Å²) in [5.41, 5.74) is 4.12. The van der Waals surface area contributed by atoms with Gasteiger partial charge in [0.25, 0.3) is 0 Å². The number of para-hydroxylation sites is 1. The maximum Gasteiger partial charge on any atom is 0.234 e. The van der Waals surface area contributed by atoms with Gasteiger partial charge in [0.15, 0.2) is 5.13 Å². The molecule has 0 aliphatic carbocycles. The van der Waals surface area contributed by atoms with E-state index >= 15 is 0 Å². The highest BCUT2D eigenvalue weighted by Crippen LogP contribution is 2.34. The van der Waals surface area contributed by atoms with Gasteiger partial charge in [0, 0.05) is 25.2 Å². The highest BCUT2D eigenvalue weighted by Gasteiger charge is 2.38. The van der Waals surface area contributed by atoms with Gasteiger partial charge in [-0.15, -0.1) is 0 Å². The average molecular weight is 451 g/mol. The monoisotopic (exact) mass is 450 g/mol. The Morgan fingerprint density at radius 3 is 2.62 bits per heavy atom. The quantitative estimate of drug-likeness (QED) is 0.540. The Bertz CT molecular complexity index is 1130. The number of fused-ring (bicyclic) bond motifs is 1. The maximum absolute atomic E-state index is 13.7. The summed E-state index contributed by atoms with van der Waals surface area (Å²) < 4.78 is 1.12. The first-order valence-electron chi connectivity index (χ1n) is 11.0. The van der Waals surface area contributed by atoms with E-state index < -0.39 is 0 Å². The second-order valence-electron chi connectivity index (χ2n) is 8.81. The molecule has 1 fully saturated rings. The van der Waals surface area contributed by atoms with E-state index in [1.54, 1.807) is 16.2 Å². The predicted octanol–water partition coefficient (Wildman–Crippen LogP) is 4.25. The van der Waals surface area contributed by atoms with Crippen LogP contribution in [-0.4, -0.2) is 55.4 Å². The number of hydrogen-bond donors (Lipinski definition) is 0. The third-order valence-corrected chi connectivity index (χ3v) is 7.06. The molecule has 6 nitrogen and oxygen atoms in total. The van der Waals surface area contributed by atoms with E-state index in [0.29, 0.717) is 13.1 Å². The Hall–Kier alpha value is -2.77. The van der Waals surface area contributed by atoms with Crippen molar-refractivity contribution in [3.63, 3.8) is 0 Å². The number of benzene rings is 2. The van der Waals surface area contributed by atoms with Gasteiger partial charge in [-0.05, 0) is 70.2 Å². The van der Waals surface area contributed by atoms with Crippen LogP contribution in [0.1, 0.15) is 24.0 Å². The number of carbonyl (C=O) groups is 2. The molecule has 1 aliphatic heterocycles. The number of carbonyl (C=O) groups excluding carboxylic acids is 2. The van der Waals surface area contributed by atoms with Crippen LogP contribution >= 0.6 is 11.3 Å². The van der Waals surface area contributed by atoms with Crippen LogP contribution in [0.3, 0.4) is 0 Å². The fourth-order valence-corrected chi connectivity index (χ4v) is 5.32. The molecule has 1 unspecified atom stereocenters. The van der Waals surface area contributed by atoms with E-state index in [-0.39, 0.29) is 24.2 Å². The van der Waals surface area contributed by atoms with Gasteiger partial charge >= 0.3 is 0 Å². The summed E-state index contributed by atoms with van der Waals surface area (Å²) in [6, 6.07) is 13.8. The molecular weight excluding hydrogens is 420 g/mol. The number of nitrogens with zero attached hydrogens (tertiary/aromatic N) is 4. The van der Waals surface area contributed by atoms with E-state index in [9.17, 15) is 9.59 Å². The maximum atomic E-state index is 13.7. The van der Waals surface area contributed by atoms with Crippen molar-refractivity contribution < 1.29 is 9.59 Å². The number of aromatic nitrogens is 1. The summed E-state index contributed by atoms with van der Waals surface area (Å²) >= 11 is 1.57. The van der Waals surface area contributed by atoms with Crippen LogP contribution in [0.15, 0.2) is 42.5 Å². The van der Waals surface area contributed by atoms with Crippen molar-refractivity contribution in [3.05, 3.63) is 53.6 Å². The van der Waals surface area contributed by atoms with Crippen molar-refractivity contribution in [2.75, 3.05) is 43.5 Å². The molecule has 1 aromatic heterocycles. The summed E-state index contributed by atoms with van der Waals surface area (Å²) in [7, 11) is 4.06. The van der Waals surface area contributed by atoms with E-state index in [2.05, 4.69) is 30.9 Å². The molecule has 0 spiro atoms. The minimum atomic E-state index is -0.364. The average Bonchev–Trinajstić information content (AvgIpc) is 3.35. The van der Waals surface area contributed by atoms with Gasteiger partial charge in [-0.3, -0.25) is 14.5 Å². The van der Waals surface area contributed by atoms with Gasteiger partial charge in [0.05, 0.1) is 16.1 Å². The normalized spacial score (nSPS) is 16.3. The van der Waals surface area contributed by atoms with Crippen molar-refractivity contribution >= 4 is 44.2 Å². The van der Waals surface area contributed by atoms with Crippen LogP contribution < -0.4 is 9.80 Å². The molecule has 2 amide bonds. The SMILES string of the molecule is Cc1cc(C)c2sc(N(CCCN(C)C)C(=O)C3CC(=O)N(c4ccccc4)C3)nc2c1. The number of thiazole rings is 1. The predicted molar refractivity (Wildman–Crippen MR) is 132 cm³/mol. The standard InChI is InChI=1S/C25H30N4O2S/c1-17-13-18(2)23-21(14-17)26-25(32-23)28(12-8-11-27(3)4)24(31)19-15-22(30)29(16-19)20-9-6-5-7-10-20/h5-7,9-10,13-14,19H,8,11-12,15-16H2,1-4H3. The zero-order chi connectivity index (χ0) is 22.8. The van der Waals surface area contributed by atoms with Crippen molar-refractivity contribution in [2.45, 2.75) is 26.7 Å². The van der Waals surface area contributed by atoms with Gasteiger partial charge in [0.1, 0.15) is 0 Å². The zero-order valence-electron chi connectivity index (χ0n) is 19.2. The number of aryl methyl sites for hydroxylation is 2. The molecule has 1 saturated heterocycles. The van der Waals surface area contributed by atoms with E-state index in [4.69, 9.17) is 4.98 Å². The second-order valence-corrected chi connectivity index (χ2v) is 9.79. The lowest BCUT2D eigenvalue weighted by molar-refractivity contribution is -0.124. The lowest BCUT2D eigenvalue weighted by Gasteiger charge is -2.24. The summed E-state index contributed by atoms with van der Waals surface area (Å²) in [6.07, 6.45) is 1.08. The molecule has 2 heterocycles. The Kier molecular flexibility index (Phi) is 6.58. The molecule has 7 heteroatoms. The Morgan fingerprint density at radius 2 is 1.91 bits per heavy atom. The van der Waals surface area contributed by atoms with Crippen LogP contribution in [0, 0.1) is 19.8 Å². The van der Waals surface area contributed by atoms with Crippen LogP contribution in [-0.2, 0) is 9.59 Å². The Morgan fingerprint density at radius 1 is 1.16 bits per heavy atom. The molecule has 0 bridgehead atoms. The highest BCUT2D eigenvalue weighted by atomic mass is 32.1. The number of hydrogen-bond acceptors (Lipinski definition) is 5. The van der Waals surface area contributed by atoms with Crippen LogP contribution in [0.2, 0.25) is 0 Å². The van der Waals surface area contributed by atoms with Gasteiger partial charge < -0.3 is 9.80 Å². The van der Waals surface area contributed by atoms with Crippen LogP contribution in [0.5, 0.6) is 0 Å². The number of anilines is 2. The third kappa shape index (κ3) is 4.69. The highest BCUT2D eigenvalue weighted by molar-refractivity contribution is 7.22. The molecule has 0 saturated carbocycles. The molecule has 2 aromatic carbocycles. The second kappa shape index (κ2) is 9.38. The van der Waals surface area contributed by atoms with E-state index in [1.807, 2.05) is 49.3 Å². The molecule has 32 heavy (non-hydrogen) atoms. The third-order valence-electron chi connectivity index (χ3n) is 5.83. The minimum Gasteiger partial charge on any atom is -0.312 e. The first kappa shape index (κ1) is 22.4. The van der Waals surface area contributed by atoms with Gasteiger partial charge in [-0.25, -0.2) is 4.98 Å². The van der Waals surface area contributed by atoms with Gasteiger partial charge in [0.2, 0.25) is 11.8 Å². The topological polar surface area (TPSA) is 56.8 Å². The first-order valence-corrected chi connectivity index (χ1v) is 11.8. The van der Waals surface area contributed by atoms with Gasteiger partial charge in [-0.2, -0.15) is 0 Å². The summed E-state index contributed by atoms with van der Waals surface area (Å²) in [6.45, 7) is 6.03. The van der Waals surface area contributed by atoms with Crippen molar-refractivity contribution in [1.29, 1.82) is 0 Å². The number of rotatable bonds is 7. The van der Waals surface area contributed by atoms with Crippen molar-refractivity contribution in [2.24, 2.45) is 5.92 Å². The lowest BCUT2D eigenvalue weighted by atomic mass is 10.1. The lowest BCUT2D eigenvalue weighted by Crippen LogP contribution is -2.39. The smallest absolute Gasteiger partial charge is 0.234 e. The van der Waals surface area contributed by atoms with Crippen molar-refractivity contribution in [1.82, 2.24) is 9.88 Å². The van der Waals surface area contributed by atoms with E-state index in [1.165, 1.54) is 5.56 Å². The molecule has 0 radical (unpaired) electrons. The zero-order valence-corrected chi connectivity index (χ0v) is 20.0. The summed E-state index contributed by atoms with van der Waals surface area (Å²) in [5, 5.41) is 0.725. The summed E-state index contributed by atoms with van der Waals surface area (Å²) in [4.78, 5) is 36.9. The fraction of sp³-hybridized carbons (Fsp3) is 0.400. The molecular formula is C25H30N4O2S. The summed E-state index contributed by atoms with van der Waals surface area (Å²) in [5.74, 6) is -0.376. The molecule has 4 rings (SSSR count). The van der Waals surface area contributed by atoms with Crippen molar-refractivity contribution in [3.8, 4) is 0 Å².